The molecule has 1 aromatic rings. The number of thioether (sulfide) groups is 1. The van der Waals surface area contributed by atoms with Crippen LogP contribution in [0.5, 0.6) is 0 Å². The van der Waals surface area contributed by atoms with Crippen molar-refractivity contribution in [2.45, 2.75) is 11.8 Å². The normalized spacial score (nSPS) is 12.2. The van der Waals surface area contributed by atoms with Gasteiger partial charge in [-0.2, -0.15) is 0 Å². The van der Waals surface area contributed by atoms with Crippen molar-refractivity contribution in [1.82, 2.24) is 5.32 Å². The summed E-state index contributed by atoms with van der Waals surface area (Å²) in [4.78, 5) is 12.3. The maximum absolute atomic E-state index is 11.4. The van der Waals surface area contributed by atoms with Gasteiger partial charge < -0.3 is 16.2 Å². The minimum atomic E-state index is -0.142. The van der Waals surface area contributed by atoms with Gasteiger partial charge in [-0.05, 0) is 24.1 Å². The van der Waals surface area contributed by atoms with Crippen LogP contribution in [0.2, 0.25) is 0 Å². The molecule has 1 rings (SSSR count). The Hall–Kier alpha value is -1.20. The summed E-state index contributed by atoms with van der Waals surface area (Å²) < 4.78 is 0. The van der Waals surface area contributed by atoms with Crippen LogP contribution in [0.3, 0.4) is 0 Å². The first-order chi connectivity index (χ1) is 8.08. The molecule has 1 unspecified atom stereocenters. The Kier molecular flexibility index (Phi) is 5.31. The molecule has 1 amide bonds. The number of carbonyl (C=O) groups excluding carboxylic acids is 1. The topological polar surface area (TPSA) is 75.3 Å². The molecule has 0 fully saturated rings. The van der Waals surface area contributed by atoms with Crippen molar-refractivity contribution in [2.75, 3.05) is 25.1 Å². The van der Waals surface area contributed by atoms with E-state index in [0.29, 0.717) is 11.3 Å². The van der Waals surface area contributed by atoms with Crippen molar-refractivity contribution < 1.29 is 9.90 Å². The third-order valence-corrected chi connectivity index (χ3v) is 3.75. The lowest BCUT2D eigenvalue weighted by atomic mass is 10.2. The highest BCUT2D eigenvalue weighted by Crippen LogP contribution is 2.27. The van der Waals surface area contributed by atoms with Crippen molar-refractivity contribution in [3.63, 3.8) is 0 Å². The van der Waals surface area contributed by atoms with E-state index in [1.165, 1.54) is 0 Å². The number of anilines is 1. The summed E-state index contributed by atoms with van der Waals surface area (Å²) in [5.74, 6) is 0.898. The second-order valence-electron chi connectivity index (χ2n) is 3.93. The standard InChI is InChI=1S/C12H18N2O2S/c1-8(6-15)7-17-11-4-3-9(5-10(11)13)12(16)14-2/h3-5,8,15H,6-7,13H2,1-2H3,(H,14,16). The first kappa shape index (κ1) is 13.9. The molecule has 94 valence electrons. The molecule has 0 saturated carbocycles. The third-order valence-electron chi connectivity index (χ3n) is 2.33. The molecule has 0 radical (unpaired) electrons. The van der Waals surface area contributed by atoms with Gasteiger partial charge in [-0.1, -0.05) is 6.92 Å². The van der Waals surface area contributed by atoms with Crippen molar-refractivity contribution in [3.05, 3.63) is 23.8 Å². The molecule has 0 aliphatic carbocycles. The zero-order valence-corrected chi connectivity index (χ0v) is 10.9. The van der Waals surface area contributed by atoms with Crippen LogP contribution in [0.15, 0.2) is 23.1 Å². The molecule has 4 nitrogen and oxygen atoms in total. The maximum atomic E-state index is 11.4. The molecule has 0 aliphatic heterocycles. The lowest BCUT2D eigenvalue weighted by Gasteiger charge is -2.10. The number of nitrogens with one attached hydrogen (secondary N) is 1. The molecule has 0 bridgehead atoms. The van der Waals surface area contributed by atoms with Crippen molar-refractivity contribution >= 4 is 23.4 Å². The number of rotatable bonds is 5. The van der Waals surface area contributed by atoms with E-state index in [1.54, 1.807) is 30.9 Å². The van der Waals surface area contributed by atoms with Crippen LogP contribution < -0.4 is 11.1 Å². The Balaban J connectivity index is 2.73. The summed E-state index contributed by atoms with van der Waals surface area (Å²) in [7, 11) is 1.59. The first-order valence-electron chi connectivity index (χ1n) is 5.43. The minimum absolute atomic E-state index is 0.142. The van der Waals surface area contributed by atoms with Gasteiger partial charge in [-0.15, -0.1) is 11.8 Å². The van der Waals surface area contributed by atoms with Gasteiger partial charge in [0.05, 0.1) is 0 Å². The number of amides is 1. The van der Waals surface area contributed by atoms with Gasteiger partial charge >= 0.3 is 0 Å². The zero-order valence-electron chi connectivity index (χ0n) is 10.1. The Morgan fingerprint density at radius 3 is 2.82 bits per heavy atom. The quantitative estimate of drug-likeness (QED) is 0.547. The summed E-state index contributed by atoms with van der Waals surface area (Å²) in [6.07, 6.45) is 0. The molecule has 1 aromatic carbocycles. The molecule has 0 aromatic heterocycles. The summed E-state index contributed by atoms with van der Waals surface area (Å²) >= 11 is 1.59. The van der Waals surface area contributed by atoms with E-state index in [1.807, 2.05) is 13.0 Å². The fourth-order valence-electron chi connectivity index (χ4n) is 1.25. The van der Waals surface area contributed by atoms with Gasteiger partial charge in [-0.25, -0.2) is 0 Å². The summed E-state index contributed by atoms with van der Waals surface area (Å²) in [6, 6.07) is 5.26. The number of nitrogens with two attached hydrogens (primary N) is 1. The SMILES string of the molecule is CNC(=O)c1ccc(SCC(C)CO)c(N)c1. The number of benzene rings is 1. The van der Waals surface area contributed by atoms with Crippen LogP contribution in [-0.2, 0) is 0 Å². The Bertz CT molecular complexity index is 396. The second-order valence-corrected chi connectivity index (χ2v) is 4.99. The molecular formula is C12H18N2O2S. The van der Waals surface area contributed by atoms with Crippen LogP contribution in [0.1, 0.15) is 17.3 Å². The minimum Gasteiger partial charge on any atom is -0.398 e. The molecule has 0 heterocycles. The highest BCUT2D eigenvalue weighted by molar-refractivity contribution is 7.99. The molecule has 17 heavy (non-hydrogen) atoms. The number of aliphatic hydroxyl groups is 1. The van der Waals surface area contributed by atoms with Gasteiger partial charge in [-0.3, -0.25) is 4.79 Å². The Morgan fingerprint density at radius 2 is 2.29 bits per heavy atom. The predicted molar refractivity (Wildman–Crippen MR) is 71.2 cm³/mol. The van der Waals surface area contributed by atoms with Crippen molar-refractivity contribution in [2.24, 2.45) is 5.92 Å². The van der Waals surface area contributed by atoms with Crippen molar-refractivity contribution in [1.29, 1.82) is 0 Å². The smallest absolute Gasteiger partial charge is 0.251 e. The fourth-order valence-corrected chi connectivity index (χ4v) is 2.21. The number of aliphatic hydroxyl groups excluding tert-OH is 1. The Morgan fingerprint density at radius 1 is 1.59 bits per heavy atom. The maximum Gasteiger partial charge on any atom is 0.251 e. The number of carbonyl (C=O) groups is 1. The number of hydrogen-bond donors (Lipinski definition) is 3. The molecular weight excluding hydrogens is 236 g/mol. The van der Waals surface area contributed by atoms with Gasteiger partial charge in [0.25, 0.3) is 5.91 Å². The summed E-state index contributed by atoms with van der Waals surface area (Å²) in [5, 5.41) is 11.5. The van der Waals surface area contributed by atoms with Gasteiger partial charge in [0, 0.05) is 35.6 Å². The van der Waals surface area contributed by atoms with Gasteiger partial charge in [0.15, 0.2) is 0 Å². The zero-order chi connectivity index (χ0) is 12.8. The van der Waals surface area contributed by atoms with E-state index in [9.17, 15) is 4.79 Å². The van der Waals surface area contributed by atoms with Crippen molar-refractivity contribution in [3.8, 4) is 0 Å². The van der Waals surface area contributed by atoms with Gasteiger partial charge in [0.1, 0.15) is 0 Å². The van der Waals surface area contributed by atoms with Gasteiger partial charge in [0.2, 0.25) is 0 Å². The van der Waals surface area contributed by atoms with E-state index in [2.05, 4.69) is 5.32 Å². The van der Waals surface area contributed by atoms with Crippen LogP contribution >= 0.6 is 11.8 Å². The highest BCUT2D eigenvalue weighted by Gasteiger charge is 2.08. The van der Waals surface area contributed by atoms with E-state index in [4.69, 9.17) is 10.8 Å². The number of hydrogen-bond acceptors (Lipinski definition) is 4. The molecule has 4 N–H and O–H groups in total. The molecule has 1 atom stereocenters. The molecule has 5 heteroatoms. The fraction of sp³-hybridized carbons (Fsp3) is 0.417. The largest absolute Gasteiger partial charge is 0.398 e. The molecule has 0 aliphatic rings. The van der Waals surface area contributed by atoms with E-state index < -0.39 is 0 Å². The molecule has 0 saturated heterocycles. The predicted octanol–water partition coefficient (Wildman–Crippen LogP) is 1.35. The molecule has 0 spiro atoms. The summed E-state index contributed by atoms with van der Waals surface area (Å²) in [5.41, 5.74) is 7.04. The number of nitrogen functional groups attached to an aromatic ring is 1. The average molecular weight is 254 g/mol. The van der Waals surface area contributed by atoms with Crippen LogP contribution in [0, 0.1) is 5.92 Å². The average Bonchev–Trinajstić information content (AvgIpc) is 2.35. The Labute approximate surface area is 106 Å². The van der Waals surface area contributed by atoms with Crippen LogP contribution in [-0.4, -0.2) is 30.4 Å². The lowest BCUT2D eigenvalue weighted by Crippen LogP contribution is -2.17. The highest BCUT2D eigenvalue weighted by atomic mass is 32.2. The van der Waals surface area contributed by atoms with E-state index >= 15 is 0 Å². The van der Waals surface area contributed by atoms with Crippen LogP contribution in [0.4, 0.5) is 5.69 Å². The second kappa shape index (κ2) is 6.51. The van der Waals surface area contributed by atoms with Crippen LogP contribution in [0.25, 0.3) is 0 Å². The third kappa shape index (κ3) is 3.94. The lowest BCUT2D eigenvalue weighted by molar-refractivity contribution is 0.0963. The van der Waals surface area contributed by atoms with E-state index in [-0.39, 0.29) is 18.4 Å². The monoisotopic (exact) mass is 254 g/mol. The van der Waals surface area contributed by atoms with E-state index in [0.717, 1.165) is 10.6 Å². The summed E-state index contributed by atoms with van der Waals surface area (Å²) in [6.45, 7) is 2.14. The first-order valence-corrected chi connectivity index (χ1v) is 6.42.